The Labute approximate surface area is 231 Å². The van der Waals surface area contributed by atoms with Crippen molar-refractivity contribution in [3.8, 4) is 0 Å². The molecule has 8 N–H and O–H groups in total. The first-order valence-corrected chi connectivity index (χ1v) is 13.7. The molecule has 0 heterocycles. The van der Waals surface area contributed by atoms with Crippen molar-refractivity contribution >= 4 is 41.4 Å². The molecule has 0 aliphatic rings. The smallest absolute Gasteiger partial charge is 0.326 e. The van der Waals surface area contributed by atoms with Gasteiger partial charge >= 0.3 is 5.97 Å². The highest BCUT2D eigenvalue weighted by atomic mass is 32.2. The lowest BCUT2D eigenvalue weighted by atomic mass is 10.0. The average Bonchev–Trinajstić information content (AvgIpc) is 2.90. The summed E-state index contributed by atoms with van der Waals surface area (Å²) in [6, 6.07) is 13.6. The van der Waals surface area contributed by atoms with Gasteiger partial charge in [-0.2, -0.15) is 11.8 Å². The maximum Gasteiger partial charge on any atom is 0.326 e. The number of rotatable bonds is 16. The van der Waals surface area contributed by atoms with Crippen LogP contribution >= 0.6 is 11.8 Å². The van der Waals surface area contributed by atoms with Gasteiger partial charge in [0.25, 0.3) is 0 Å². The van der Waals surface area contributed by atoms with Crippen molar-refractivity contribution in [3.63, 3.8) is 0 Å². The monoisotopic (exact) mass is 557 g/mol. The van der Waals surface area contributed by atoms with Crippen LogP contribution in [0.3, 0.4) is 0 Å². The topological polar surface area (TPSA) is 194 Å². The van der Waals surface area contributed by atoms with Crippen LogP contribution in [0.25, 0.3) is 0 Å². The molecule has 0 fully saturated rings. The first-order valence-electron chi connectivity index (χ1n) is 12.3. The number of nitrogens with one attached hydrogen (secondary N) is 3. The van der Waals surface area contributed by atoms with Crippen LogP contribution in [-0.4, -0.2) is 70.9 Å². The van der Waals surface area contributed by atoms with E-state index in [1.54, 1.807) is 24.3 Å². The molecule has 0 spiro atoms. The zero-order valence-electron chi connectivity index (χ0n) is 21.7. The standard InChI is InChI=1S/C27H35N5O6S/c1-39-13-12-20(25(35)32-22(27(37)38)16-23(29)33)30-26(36)21(15-18-10-6-3-7-11-18)31-24(34)19(28)14-17-8-4-2-5-9-17/h2-11,19-22H,12-16,28H2,1H3,(H2,29,33)(H,30,36)(H,31,34)(H,32,35)(H,37,38). The summed E-state index contributed by atoms with van der Waals surface area (Å²) < 4.78 is 0. The molecule has 0 aliphatic carbocycles. The van der Waals surface area contributed by atoms with Gasteiger partial charge in [-0.15, -0.1) is 0 Å². The zero-order chi connectivity index (χ0) is 28.8. The van der Waals surface area contributed by atoms with Gasteiger partial charge in [-0.25, -0.2) is 4.79 Å². The minimum absolute atomic E-state index is 0.132. The van der Waals surface area contributed by atoms with Crippen molar-refractivity contribution in [3.05, 3.63) is 71.8 Å². The quantitative estimate of drug-likeness (QED) is 0.165. The Bertz CT molecular complexity index is 1120. The van der Waals surface area contributed by atoms with Gasteiger partial charge in [-0.1, -0.05) is 60.7 Å². The Morgan fingerprint density at radius 3 is 1.77 bits per heavy atom. The fraction of sp³-hybridized carbons (Fsp3) is 0.370. The number of hydrogen-bond donors (Lipinski definition) is 6. The van der Waals surface area contributed by atoms with E-state index in [2.05, 4.69) is 16.0 Å². The van der Waals surface area contributed by atoms with Gasteiger partial charge in [0.2, 0.25) is 23.6 Å². The Morgan fingerprint density at radius 2 is 1.26 bits per heavy atom. The minimum Gasteiger partial charge on any atom is -0.480 e. The molecule has 0 radical (unpaired) electrons. The number of hydrogen-bond acceptors (Lipinski definition) is 7. The van der Waals surface area contributed by atoms with Crippen LogP contribution in [0.4, 0.5) is 0 Å². The largest absolute Gasteiger partial charge is 0.480 e. The van der Waals surface area contributed by atoms with E-state index < -0.39 is 60.2 Å². The lowest BCUT2D eigenvalue weighted by molar-refractivity contribution is -0.143. The molecule has 0 aromatic heterocycles. The summed E-state index contributed by atoms with van der Waals surface area (Å²) in [7, 11) is 0. The fourth-order valence-electron chi connectivity index (χ4n) is 3.75. The Morgan fingerprint density at radius 1 is 0.769 bits per heavy atom. The second-order valence-corrected chi connectivity index (χ2v) is 9.95. The van der Waals surface area contributed by atoms with E-state index in [1.165, 1.54) is 11.8 Å². The fourth-order valence-corrected chi connectivity index (χ4v) is 4.22. The van der Waals surface area contributed by atoms with Crippen molar-refractivity contribution in [1.82, 2.24) is 16.0 Å². The highest BCUT2D eigenvalue weighted by molar-refractivity contribution is 7.98. The third kappa shape index (κ3) is 11.2. The second kappa shape index (κ2) is 16.1. The highest BCUT2D eigenvalue weighted by Gasteiger charge is 2.31. The summed E-state index contributed by atoms with van der Waals surface area (Å²) in [6.45, 7) is 0. The van der Waals surface area contributed by atoms with E-state index in [4.69, 9.17) is 11.5 Å². The number of carboxylic acids is 1. The number of amides is 4. The predicted molar refractivity (Wildman–Crippen MR) is 149 cm³/mol. The van der Waals surface area contributed by atoms with Gasteiger partial charge in [0.15, 0.2) is 0 Å². The first-order chi connectivity index (χ1) is 18.6. The molecule has 4 unspecified atom stereocenters. The number of carbonyl (C=O) groups is 5. The molecule has 0 saturated heterocycles. The molecule has 2 aromatic rings. The van der Waals surface area contributed by atoms with Gasteiger partial charge in [0.1, 0.15) is 18.1 Å². The first kappa shape index (κ1) is 31.3. The number of aliphatic carboxylic acids is 1. The van der Waals surface area contributed by atoms with Gasteiger partial charge in [-0.3, -0.25) is 19.2 Å². The van der Waals surface area contributed by atoms with Gasteiger partial charge in [0, 0.05) is 6.42 Å². The van der Waals surface area contributed by atoms with Crippen molar-refractivity contribution < 1.29 is 29.1 Å². The van der Waals surface area contributed by atoms with Crippen molar-refractivity contribution in [2.24, 2.45) is 11.5 Å². The lowest BCUT2D eigenvalue weighted by Gasteiger charge is -2.25. The van der Waals surface area contributed by atoms with Crippen LogP contribution in [0.2, 0.25) is 0 Å². The van der Waals surface area contributed by atoms with Crippen molar-refractivity contribution in [2.75, 3.05) is 12.0 Å². The molecule has 210 valence electrons. The average molecular weight is 558 g/mol. The minimum atomic E-state index is -1.54. The third-order valence-corrected chi connectivity index (χ3v) is 6.46. The normalized spacial score (nSPS) is 13.8. The molecular formula is C27H35N5O6S. The zero-order valence-corrected chi connectivity index (χ0v) is 22.5. The molecule has 0 aliphatic heterocycles. The van der Waals surface area contributed by atoms with E-state index >= 15 is 0 Å². The maximum atomic E-state index is 13.4. The van der Waals surface area contributed by atoms with E-state index in [-0.39, 0.29) is 19.3 Å². The maximum absolute atomic E-state index is 13.4. The Kier molecular flexibility index (Phi) is 13.0. The van der Waals surface area contributed by atoms with Gasteiger partial charge in [0.05, 0.1) is 12.5 Å². The van der Waals surface area contributed by atoms with E-state index in [9.17, 15) is 29.1 Å². The summed E-state index contributed by atoms with van der Waals surface area (Å²) in [5, 5.41) is 17.0. The molecule has 4 atom stereocenters. The molecule has 12 heteroatoms. The summed E-state index contributed by atoms with van der Waals surface area (Å²) in [4.78, 5) is 62.0. The number of carboxylic acid groups (broad SMARTS) is 1. The number of benzene rings is 2. The molecule has 39 heavy (non-hydrogen) atoms. The second-order valence-electron chi connectivity index (χ2n) is 8.96. The van der Waals surface area contributed by atoms with Crippen LogP contribution in [-0.2, 0) is 36.8 Å². The Balaban J connectivity index is 2.20. The van der Waals surface area contributed by atoms with Gasteiger partial charge < -0.3 is 32.5 Å². The molecule has 11 nitrogen and oxygen atoms in total. The summed E-state index contributed by atoms with van der Waals surface area (Å²) in [5.41, 5.74) is 12.9. The highest BCUT2D eigenvalue weighted by Crippen LogP contribution is 2.08. The van der Waals surface area contributed by atoms with Crippen molar-refractivity contribution in [2.45, 2.75) is 49.9 Å². The van der Waals surface area contributed by atoms with Crippen LogP contribution in [0.5, 0.6) is 0 Å². The van der Waals surface area contributed by atoms with E-state index in [0.29, 0.717) is 5.75 Å². The van der Waals surface area contributed by atoms with Crippen LogP contribution in [0.1, 0.15) is 24.0 Å². The molecule has 2 rings (SSSR count). The summed E-state index contributed by atoms with van der Waals surface area (Å²) >= 11 is 1.43. The number of nitrogens with two attached hydrogens (primary N) is 2. The van der Waals surface area contributed by atoms with Crippen molar-refractivity contribution in [1.29, 1.82) is 0 Å². The molecule has 0 bridgehead atoms. The lowest BCUT2D eigenvalue weighted by Crippen LogP contribution is -2.58. The number of primary amides is 1. The van der Waals surface area contributed by atoms with Crippen LogP contribution in [0.15, 0.2) is 60.7 Å². The molecule has 0 saturated carbocycles. The number of carbonyl (C=O) groups excluding carboxylic acids is 4. The van der Waals surface area contributed by atoms with Crippen LogP contribution in [0, 0.1) is 0 Å². The molecule has 2 aromatic carbocycles. The summed E-state index contributed by atoms with van der Waals surface area (Å²) in [6.07, 6.45) is 1.79. The SMILES string of the molecule is CSCCC(NC(=O)C(Cc1ccccc1)NC(=O)C(N)Cc1ccccc1)C(=O)NC(CC(N)=O)C(=O)O. The van der Waals surface area contributed by atoms with E-state index in [1.807, 2.05) is 42.7 Å². The predicted octanol–water partition coefficient (Wildman–Crippen LogP) is -0.0334. The third-order valence-electron chi connectivity index (χ3n) is 5.81. The molecular weight excluding hydrogens is 522 g/mol. The van der Waals surface area contributed by atoms with Crippen LogP contribution < -0.4 is 27.4 Å². The van der Waals surface area contributed by atoms with E-state index in [0.717, 1.165) is 11.1 Å². The molecule has 4 amide bonds. The summed E-state index contributed by atoms with van der Waals surface area (Å²) in [5.74, 6) is -3.81. The Hall–Kier alpha value is -3.90. The number of thioether (sulfide) groups is 1. The van der Waals surface area contributed by atoms with Gasteiger partial charge in [-0.05, 0) is 36.0 Å².